The zero-order valence-corrected chi connectivity index (χ0v) is 7.97. The molecule has 2 radical (unpaired) electrons. The molecule has 0 aliphatic heterocycles. The lowest BCUT2D eigenvalue weighted by molar-refractivity contribution is 0.417. The molecular formula is C11H13BO. The van der Waals surface area contributed by atoms with Crippen molar-refractivity contribution in [1.29, 1.82) is 0 Å². The topological polar surface area (TPSA) is 9.23 Å². The molecular weight excluding hydrogens is 159 g/mol. The molecule has 1 aromatic carbocycles. The van der Waals surface area contributed by atoms with Crippen LogP contribution in [0, 0.1) is 0 Å². The van der Waals surface area contributed by atoms with Crippen LogP contribution >= 0.6 is 0 Å². The predicted molar refractivity (Wildman–Crippen MR) is 55.0 cm³/mol. The largest absolute Gasteiger partial charge is 0.497 e. The zero-order valence-electron chi connectivity index (χ0n) is 7.97. The number of hydrogen-bond acceptors (Lipinski definition) is 1. The highest BCUT2D eigenvalue weighted by Crippen LogP contribution is 2.23. The summed E-state index contributed by atoms with van der Waals surface area (Å²) in [5.74, 6) is 0.820. The molecule has 0 unspecified atom stereocenters. The Kier molecular flexibility index (Phi) is 2.30. The van der Waals surface area contributed by atoms with E-state index in [0.717, 1.165) is 11.2 Å². The van der Waals surface area contributed by atoms with Crippen molar-refractivity contribution >= 4 is 13.3 Å². The van der Waals surface area contributed by atoms with Gasteiger partial charge < -0.3 is 4.74 Å². The van der Waals surface area contributed by atoms with Crippen LogP contribution < -0.4 is 10.2 Å². The van der Waals surface area contributed by atoms with Crippen molar-refractivity contribution in [2.75, 3.05) is 7.11 Å². The Labute approximate surface area is 80.5 Å². The van der Waals surface area contributed by atoms with Crippen LogP contribution in [0.2, 0.25) is 0 Å². The summed E-state index contributed by atoms with van der Waals surface area (Å²) in [7, 11) is 7.50. The molecule has 1 aliphatic rings. The molecule has 0 aromatic heterocycles. The first-order valence-corrected chi connectivity index (χ1v) is 4.76. The van der Waals surface area contributed by atoms with Gasteiger partial charge in [0.05, 0.1) is 7.11 Å². The van der Waals surface area contributed by atoms with Crippen molar-refractivity contribution in [3.63, 3.8) is 0 Å². The maximum absolute atomic E-state index is 5.83. The first kappa shape index (κ1) is 8.67. The highest BCUT2D eigenvalue weighted by Gasteiger charge is 2.11. The molecule has 2 heteroatoms. The van der Waals surface area contributed by atoms with Crippen LogP contribution in [0.3, 0.4) is 0 Å². The van der Waals surface area contributed by atoms with Crippen LogP contribution in [0.15, 0.2) is 12.1 Å². The Morgan fingerprint density at radius 3 is 2.38 bits per heavy atom. The van der Waals surface area contributed by atoms with Gasteiger partial charge in [0.15, 0.2) is 0 Å². The molecule has 0 bridgehead atoms. The van der Waals surface area contributed by atoms with Gasteiger partial charge in [-0.25, -0.2) is 0 Å². The highest BCUT2D eigenvalue weighted by molar-refractivity contribution is 6.34. The first-order valence-electron chi connectivity index (χ1n) is 4.76. The van der Waals surface area contributed by atoms with Crippen LogP contribution in [0.1, 0.15) is 24.0 Å². The fourth-order valence-electron chi connectivity index (χ4n) is 1.96. The third-order valence-corrected chi connectivity index (χ3v) is 2.69. The minimum absolute atomic E-state index is 0.767. The van der Waals surface area contributed by atoms with Gasteiger partial charge in [0.1, 0.15) is 13.6 Å². The van der Waals surface area contributed by atoms with Crippen LogP contribution in [0.5, 0.6) is 5.75 Å². The summed E-state index contributed by atoms with van der Waals surface area (Å²) in [6.45, 7) is 0. The summed E-state index contributed by atoms with van der Waals surface area (Å²) in [6.07, 6.45) is 4.92. The summed E-state index contributed by atoms with van der Waals surface area (Å²) in [5.41, 5.74) is 3.59. The molecule has 1 nitrogen and oxygen atoms in total. The number of aryl methyl sites for hydroxylation is 2. The molecule has 0 amide bonds. The number of methoxy groups -OCH3 is 1. The van der Waals surface area contributed by atoms with E-state index in [2.05, 4.69) is 12.1 Å². The zero-order chi connectivity index (χ0) is 9.26. The lowest BCUT2D eigenvalue weighted by atomic mass is 9.85. The fourth-order valence-corrected chi connectivity index (χ4v) is 1.96. The van der Waals surface area contributed by atoms with Crippen molar-refractivity contribution in [3.05, 3.63) is 23.3 Å². The van der Waals surface area contributed by atoms with E-state index < -0.39 is 0 Å². The molecule has 0 spiro atoms. The van der Waals surface area contributed by atoms with Crippen molar-refractivity contribution < 1.29 is 4.74 Å². The van der Waals surface area contributed by atoms with Gasteiger partial charge in [-0.15, -0.1) is 0 Å². The van der Waals surface area contributed by atoms with Gasteiger partial charge in [0.25, 0.3) is 0 Å². The standard InChI is InChI=1S/C11H13BO/c1-13-11-7-9-5-3-2-4-8(9)6-10(11)12/h6-7H,2-5H2,1H3. The van der Waals surface area contributed by atoms with Crippen molar-refractivity contribution in [1.82, 2.24) is 0 Å². The van der Waals surface area contributed by atoms with E-state index in [1.165, 1.54) is 36.8 Å². The average Bonchev–Trinajstić information content (AvgIpc) is 2.17. The number of fused-ring (bicyclic) bond motifs is 1. The van der Waals surface area contributed by atoms with E-state index in [0.29, 0.717) is 0 Å². The summed E-state index contributed by atoms with van der Waals surface area (Å²) in [4.78, 5) is 0. The third kappa shape index (κ3) is 1.58. The van der Waals surface area contributed by atoms with Gasteiger partial charge in [-0.2, -0.15) is 0 Å². The minimum atomic E-state index is 0.767. The van der Waals surface area contributed by atoms with Crippen molar-refractivity contribution in [3.8, 4) is 5.75 Å². The molecule has 1 aromatic rings. The van der Waals surface area contributed by atoms with E-state index >= 15 is 0 Å². The SMILES string of the molecule is [B]c1cc2c(cc1OC)CCCC2. The Bertz CT molecular complexity index is 320. The smallest absolute Gasteiger partial charge is 0.119 e. The quantitative estimate of drug-likeness (QED) is 0.581. The molecule has 66 valence electrons. The average molecular weight is 172 g/mol. The summed E-state index contributed by atoms with van der Waals surface area (Å²) >= 11 is 0. The van der Waals surface area contributed by atoms with Gasteiger partial charge >= 0.3 is 0 Å². The number of ether oxygens (including phenoxy) is 1. The Morgan fingerprint density at radius 2 is 1.77 bits per heavy atom. The Hall–Kier alpha value is -0.915. The first-order chi connectivity index (χ1) is 6.31. The third-order valence-electron chi connectivity index (χ3n) is 2.69. The molecule has 0 saturated heterocycles. The van der Waals surface area contributed by atoms with Crippen LogP contribution in [-0.4, -0.2) is 15.0 Å². The van der Waals surface area contributed by atoms with Gasteiger partial charge in [0.2, 0.25) is 0 Å². The van der Waals surface area contributed by atoms with E-state index in [9.17, 15) is 0 Å². The summed E-state index contributed by atoms with van der Waals surface area (Å²) in [6, 6.07) is 4.15. The molecule has 0 saturated carbocycles. The molecule has 0 heterocycles. The van der Waals surface area contributed by atoms with Crippen molar-refractivity contribution in [2.45, 2.75) is 25.7 Å². The molecule has 13 heavy (non-hydrogen) atoms. The maximum Gasteiger partial charge on any atom is 0.119 e. The van der Waals surface area contributed by atoms with Gasteiger partial charge in [-0.1, -0.05) is 11.5 Å². The van der Waals surface area contributed by atoms with E-state index in [4.69, 9.17) is 12.6 Å². The van der Waals surface area contributed by atoms with Crippen LogP contribution in [0.4, 0.5) is 0 Å². The van der Waals surface area contributed by atoms with Gasteiger partial charge in [-0.3, -0.25) is 0 Å². The fraction of sp³-hybridized carbons (Fsp3) is 0.455. The lowest BCUT2D eigenvalue weighted by Gasteiger charge is -2.18. The number of benzene rings is 1. The molecule has 0 N–H and O–H groups in total. The summed E-state index contributed by atoms with van der Waals surface area (Å²) < 4.78 is 5.19. The Morgan fingerprint density at radius 1 is 1.15 bits per heavy atom. The lowest BCUT2D eigenvalue weighted by Crippen LogP contribution is -2.13. The van der Waals surface area contributed by atoms with Crippen molar-refractivity contribution in [2.24, 2.45) is 0 Å². The molecule has 1 aliphatic carbocycles. The molecule has 0 atom stereocenters. The van der Waals surface area contributed by atoms with E-state index in [-0.39, 0.29) is 0 Å². The normalized spacial score (nSPS) is 15.2. The second-order valence-corrected chi connectivity index (χ2v) is 3.57. The van der Waals surface area contributed by atoms with Gasteiger partial charge in [-0.05, 0) is 42.9 Å². The summed E-state index contributed by atoms with van der Waals surface area (Å²) in [5, 5.41) is 0. The minimum Gasteiger partial charge on any atom is -0.497 e. The number of rotatable bonds is 1. The molecule has 0 fully saturated rings. The highest BCUT2D eigenvalue weighted by atomic mass is 16.5. The van der Waals surface area contributed by atoms with E-state index in [1.54, 1.807) is 7.11 Å². The maximum atomic E-state index is 5.83. The predicted octanol–water partition coefficient (Wildman–Crippen LogP) is 1.37. The second kappa shape index (κ2) is 3.45. The molecule has 2 rings (SSSR count). The second-order valence-electron chi connectivity index (χ2n) is 3.57. The van der Waals surface area contributed by atoms with Gasteiger partial charge in [0, 0.05) is 0 Å². The van der Waals surface area contributed by atoms with Crippen LogP contribution in [0.25, 0.3) is 0 Å². The number of hydrogen-bond donors (Lipinski definition) is 0. The van der Waals surface area contributed by atoms with Crippen LogP contribution in [-0.2, 0) is 12.8 Å². The Balaban J connectivity index is 2.44. The monoisotopic (exact) mass is 172 g/mol. The van der Waals surface area contributed by atoms with E-state index in [1.807, 2.05) is 0 Å².